The molecule has 0 spiro atoms. The molecule has 0 unspecified atom stereocenters. The Bertz CT molecular complexity index is 1350. The molecule has 3 rings (SSSR count). The van der Waals surface area contributed by atoms with Gasteiger partial charge in [0.1, 0.15) is 12.2 Å². The molecular formula is C30H33N3O6. The van der Waals surface area contributed by atoms with Crippen molar-refractivity contribution in [3.63, 3.8) is 0 Å². The first-order valence-corrected chi connectivity index (χ1v) is 12.9. The lowest BCUT2D eigenvalue weighted by Gasteiger charge is -2.17. The van der Waals surface area contributed by atoms with Gasteiger partial charge in [0.05, 0.1) is 12.5 Å². The molecule has 0 aliphatic heterocycles. The molecule has 0 radical (unpaired) electrons. The molecular weight excluding hydrogens is 498 g/mol. The van der Waals surface area contributed by atoms with E-state index >= 15 is 0 Å². The van der Waals surface area contributed by atoms with Crippen LogP contribution in [0.2, 0.25) is 0 Å². The maximum absolute atomic E-state index is 13.2. The maximum atomic E-state index is 13.2. The number of benzene rings is 2. The number of aromatic nitrogens is 1. The fourth-order valence-corrected chi connectivity index (χ4v) is 4.15. The third kappa shape index (κ3) is 9.37. The van der Waals surface area contributed by atoms with E-state index in [-0.39, 0.29) is 24.4 Å². The predicted octanol–water partition coefficient (Wildman–Crippen LogP) is 3.14. The molecule has 204 valence electrons. The van der Waals surface area contributed by atoms with E-state index in [1.54, 1.807) is 19.2 Å². The Morgan fingerprint density at radius 2 is 1.44 bits per heavy atom. The van der Waals surface area contributed by atoms with Crippen LogP contribution in [0.1, 0.15) is 42.9 Å². The number of carboxylic acids is 1. The largest absolute Gasteiger partial charge is 0.481 e. The summed E-state index contributed by atoms with van der Waals surface area (Å²) in [5, 5.41) is 14.2. The van der Waals surface area contributed by atoms with Crippen molar-refractivity contribution >= 4 is 29.3 Å². The number of hydrogen-bond acceptors (Lipinski definition) is 5. The third-order valence-electron chi connectivity index (χ3n) is 6.21. The SMILES string of the molecule is CCC(=O)[C@H](CC(=O)O)NC(=O)Cn1cc(CCc2ccccc2)cc(NC(=O)CCc2ccccc2)c1=O. The standard InChI is InChI=1S/C30H33N3O6/c1-2-26(34)24(18-29(37)38)31-28(36)20-33-19-23(14-13-21-9-5-3-6-10-21)17-25(30(33)39)32-27(35)16-15-22-11-7-4-8-12-22/h3-12,17,19,24H,2,13-16,18,20H2,1H3,(H,31,36)(H,32,35)(H,37,38)/t24-/m0/s1. The molecule has 2 aromatic carbocycles. The van der Waals surface area contributed by atoms with Crippen LogP contribution in [-0.4, -0.2) is 39.3 Å². The minimum absolute atomic E-state index is 0.0538. The molecule has 1 heterocycles. The number of rotatable bonds is 14. The summed E-state index contributed by atoms with van der Waals surface area (Å²) in [6.07, 6.45) is 2.98. The van der Waals surface area contributed by atoms with Crippen LogP contribution < -0.4 is 16.2 Å². The van der Waals surface area contributed by atoms with Gasteiger partial charge < -0.3 is 20.3 Å². The molecule has 3 aromatic rings. The topological polar surface area (TPSA) is 135 Å². The number of nitrogens with zero attached hydrogens (tertiary/aromatic N) is 1. The summed E-state index contributed by atoms with van der Waals surface area (Å²) in [7, 11) is 0. The van der Waals surface area contributed by atoms with E-state index in [1.165, 1.54) is 4.57 Å². The van der Waals surface area contributed by atoms with Crippen molar-refractivity contribution in [3.8, 4) is 0 Å². The minimum atomic E-state index is -1.22. The van der Waals surface area contributed by atoms with Crippen molar-refractivity contribution in [1.29, 1.82) is 0 Å². The number of anilines is 1. The number of carboxylic acid groups (broad SMARTS) is 1. The number of aryl methyl sites for hydroxylation is 3. The predicted molar refractivity (Wildman–Crippen MR) is 147 cm³/mol. The number of Topliss-reactive ketones (excluding diaryl/α,β-unsaturated/α-hetero) is 1. The van der Waals surface area contributed by atoms with Gasteiger partial charge in [0.2, 0.25) is 11.8 Å². The van der Waals surface area contributed by atoms with Gasteiger partial charge in [0.15, 0.2) is 5.78 Å². The highest BCUT2D eigenvalue weighted by Crippen LogP contribution is 2.12. The smallest absolute Gasteiger partial charge is 0.305 e. The molecule has 0 aliphatic rings. The Balaban J connectivity index is 1.80. The van der Waals surface area contributed by atoms with Crippen molar-refractivity contribution in [3.05, 3.63) is 100.0 Å². The monoisotopic (exact) mass is 531 g/mol. The fraction of sp³-hybridized carbons (Fsp3) is 0.300. The number of aliphatic carboxylic acids is 1. The second-order valence-electron chi connectivity index (χ2n) is 9.25. The first-order chi connectivity index (χ1) is 18.7. The Kier molecular flexibility index (Phi) is 10.7. The molecule has 9 heteroatoms. The molecule has 39 heavy (non-hydrogen) atoms. The molecule has 1 atom stereocenters. The van der Waals surface area contributed by atoms with Crippen LogP contribution in [0.15, 0.2) is 77.7 Å². The van der Waals surface area contributed by atoms with E-state index in [0.29, 0.717) is 19.3 Å². The van der Waals surface area contributed by atoms with E-state index < -0.39 is 42.2 Å². The zero-order chi connectivity index (χ0) is 28.2. The van der Waals surface area contributed by atoms with Gasteiger partial charge in [0.25, 0.3) is 5.56 Å². The molecule has 3 N–H and O–H groups in total. The van der Waals surface area contributed by atoms with Crippen LogP contribution in [0.4, 0.5) is 5.69 Å². The van der Waals surface area contributed by atoms with Gasteiger partial charge >= 0.3 is 5.97 Å². The van der Waals surface area contributed by atoms with Crippen molar-refractivity contribution in [1.82, 2.24) is 9.88 Å². The van der Waals surface area contributed by atoms with Crippen LogP contribution in [0.3, 0.4) is 0 Å². The Morgan fingerprint density at radius 3 is 2.03 bits per heavy atom. The van der Waals surface area contributed by atoms with Crippen molar-refractivity contribution in [2.24, 2.45) is 0 Å². The van der Waals surface area contributed by atoms with Crippen molar-refractivity contribution < 1.29 is 24.3 Å². The van der Waals surface area contributed by atoms with Gasteiger partial charge in [-0.05, 0) is 42.0 Å². The van der Waals surface area contributed by atoms with Crippen LogP contribution in [0.5, 0.6) is 0 Å². The number of amides is 2. The molecule has 1 aromatic heterocycles. The van der Waals surface area contributed by atoms with Crippen LogP contribution in [-0.2, 0) is 45.0 Å². The van der Waals surface area contributed by atoms with Crippen molar-refractivity contribution in [2.75, 3.05) is 5.32 Å². The average molecular weight is 532 g/mol. The van der Waals surface area contributed by atoms with Crippen LogP contribution in [0.25, 0.3) is 0 Å². The van der Waals surface area contributed by atoms with E-state index in [0.717, 1.165) is 16.7 Å². The lowest BCUT2D eigenvalue weighted by molar-refractivity contribution is -0.140. The molecule has 0 bridgehead atoms. The zero-order valence-corrected chi connectivity index (χ0v) is 21.9. The Hall–Kier alpha value is -4.53. The summed E-state index contributed by atoms with van der Waals surface area (Å²) in [6, 6.07) is 19.7. The highest BCUT2D eigenvalue weighted by atomic mass is 16.4. The number of pyridine rings is 1. The molecule has 9 nitrogen and oxygen atoms in total. The van der Waals surface area contributed by atoms with Gasteiger partial charge in [-0.3, -0.25) is 24.0 Å². The van der Waals surface area contributed by atoms with Gasteiger partial charge in [-0.25, -0.2) is 0 Å². The van der Waals surface area contributed by atoms with Crippen molar-refractivity contribution in [2.45, 2.75) is 58.0 Å². The quantitative estimate of drug-likeness (QED) is 0.293. The summed E-state index contributed by atoms with van der Waals surface area (Å²) >= 11 is 0. The number of carbonyl (C=O) groups excluding carboxylic acids is 3. The first-order valence-electron chi connectivity index (χ1n) is 12.9. The molecule has 0 saturated heterocycles. The van der Waals surface area contributed by atoms with E-state index in [1.807, 2.05) is 60.7 Å². The zero-order valence-electron chi connectivity index (χ0n) is 21.9. The van der Waals surface area contributed by atoms with E-state index in [9.17, 15) is 24.0 Å². The number of nitrogens with one attached hydrogen (secondary N) is 2. The van der Waals surface area contributed by atoms with Crippen LogP contribution >= 0.6 is 0 Å². The number of hydrogen-bond donors (Lipinski definition) is 3. The minimum Gasteiger partial charge on any atom is -0.481 e. The lowest BCUT2D eigenvalue weighted by Crippen LogP contribution is -2.44. The summed E-state index contributed by atoms with van der Waals surface area (Å²) < 4.78 is 1.18. The summed E-state index contributed by atoms with van der Waals surface area (Å²) in [4.78, 5) is 61.9. The number of carbonyl (C=O) groups is 4. The first kappa shape index (κ1) is 29.0. The number of ketones is 1. The Labute approximate surface area is 226 Å². The third-order valence-corrected chi connectivity index (χ3v) is 6.21. The molecule has 0 fully saturated rings. The van der Waals surface area contributed by atoms with E-state index in [4.69, 9.17) is 5.11 Å². The Morgan fingerprint density at radius 1 is 0.846 bits per heavy atom. The van der Waals surface area contributed by atoms with Gasteiger partial charge in [0, 0.05) is 19.0 Å². The second-order valence-corrected chi connectivity index (χ2v) is 9.25. The van der Waals surface area contributed by atoms with E-state index in [2.05, 4.69) is 10.6 Å². The highest BCUT2D eigenvalue weighted by Gasteiger charge is 2.23. The second kappa shape index (κ2) is 14.4. The summed E-state index contributed by atoms with van der Waals surface area (Å²) in [6.45, 7) is 1.15. The normalized spacial score (nSPS) is 11.4. The lowest BCUT2D eigenvalue weighted by atomic mass is 10.1. The van der Waals surface area contributed by atoms with Gasteiger partial charge in [-0.2, -0.15) is 0 Å². The maximum Gasteiger partial charge on any atom is 0.305 e. The van der Waals surface area contributed by atoms with Gasteiger partial charge in [-0.1, -0.05) is 67.6 Å². The highest BCUT2D eigenvalue weighted by molar-refractivity contribution is 5.92. The fourth-order valence-electron chi connectivity index (χ4n) is 4.15. The molecule has 0 aliphatic carbocycles. The average Bonchev–Trinajstić information content (AvgIpc) is 2.93. The molecule has 2 amide bonds. The molecule has 0 saturated carbocycles. The van der Waals surface area contributed by atoms with Gasteiger partial charge in [-0.15, -0.1) is 0 Å². The summed E-state index contributed by atoms with van der Waals surface area (Å²) in [5.74, 6) is -2.64. The van der Waals surface area contributed by atoms with Crippen LogP contribution in [0, 0.1) is 0 Å². The summed E-state index contributed by atoms with van der Waals surface area (Å²) in [5.41, 5.74) is 2.31.